The number of halogens is 4. The number of fused-ring (bicyclic) bond motifs is 1. The van der Waals surface area contributed by atoms with Crippen LogP contribution in [0.15, 0.2) is 21.5 Å². The Kier molecular flexibility index (Phi) is 29.0. The van der Waals surface area contributed by atoms with Crippen LogP contribution in [0.3, 0.4) is 0 Å². The summed E-state index contributed by atoms with van der Waals surface area (Å²) < 4.78 is 145. The summed E-state index contributed by atoms with van der Waals surface area (Å²) in [6.07, 6.45) is 3.63. The van der Waals surface area contributed by atoms with Gasteiger partial charge in [-0.15, -0.1) is 11.3 Å². The molecule has 1 aromatic heterocycles. The van der Waals surface area contributed by atoms with E-state index in [4.69, 9.17) is 57.7 Å². The van der Waals surface area contributed by atoms with E-state index in [1.165, 1.54) is 0 Å². The van der Waals surface area contributed by atoms with Gasteiger partial charge in [0.05, 0.1) is 156 Å². The first-order chi connectivity index (χ1) is 35.6. The fourth-order valence-electron chi connectivity index (χ4n) is 6.71. The molecule has 2 amide bonds. The number of likely N-dealkylation sites (tertiary alicyclic amines) is 1. The van der Waals surface area contributed by atoms with Crippen LogP contribution in [0.4, 0.5) is 23.2 Å². The number of nitrogens with one attached hydrogen (secondary N) is 1. The molecule has 0 bridgehead atoms. The number of carbonyl (C=O) groups excluding carboxylic acids is 3. The lowest BCUT2D eigenvalue weighted by Crippen LogP contribution is -2.50. The number of hydrogen-bond donors (Lipinski definition) is 3. The summed E-state index contributed by atoms with van der Waals surface area (Å²) in [6.45, 7) is 11.5. The number of carbonyl (C=O) groups is 3. The molecule has 2 aliphatic rings. The summed E-state index contributed by atoms with van der Waals surface area (Å²) in [7, 11) is -5.65. The number of thiophene rings is 1. The minimum atomic E-state index is -5.65. The number of amides is 2. The lowest BCUT2D eigenvalue weighted by molar-refractivity contribution is -0.139. The topological polar surface area (TPSA) is 261 Å². The number of esters is 1. The Bertz CT molecular complexity index is 2210. The molecule has 2 aliphatic heterocycles. The van der Waals surface area contributed by atoms with Crippen molar-refractivity contribution >= 4 is 56.8 Å². The molecule has 4 rings (SSSR count). The number of amidine groups is 1. The quantitative estimate of drug-likeness (QED) is 0.0214. The summed E-state index contributed by atoms with van der Waals surface area (Å²) in [6, 6.07) is 2.11. The predicted molar refractivity (Wildman–Crippen MR) is 259 cm³/mol. The van der Waals surface area contributed by atoms with Crippen molar-refractivity contribution in [2.24, 2.45) is 16.6 Å². The van der Waals surface area contributed by atoms with Gasteiger partial charge in [-0.25, -0.2) is 13.8 Å². The van der Waals surface area contributed by atoms with Gasteiger partial charge in [0.25, 0.3) is 0 Å². The molecule has 0 spiro atoms. The second-order valence-corrected chi connectivity index (χ2v) is 19.1. The molecule has 1 saturated heterocycles. The molecule has 27 heteroatoms. The number of benzene rings is 1. The fourth-order valence-corrected chi connectivity index (χ4v) is 8.53. The molecule has 0 radical (unpaired) electrons. The third-order valence-corrected chi connectivity index (χ3v) is 12.7. The third-order valence-electron chi connectivity index (χ3n) is 10.7. The van der Waals surface area contributed by atoms with Crippen molar-refractivity contribution < 1.29 is 97.0 Å². The maximum absolute atomic E-state index is 14.0. The summed E-state index contributed by atoms with van der Waals surface area (Å²) >= 11 is 1.62. The van der Waals surface area contributed by atoms with Gasteiger partial charge in [-0.05, 0) is 37.8 Å². The Morgan fingerprint density at radius 2 is 1.14 bits per heavy atom. The number of nitrogens with zero attached hydrogens (tertiary/aromatic N) is 2. The zero-order valence-electron chi connectivity index (χ0n) is 41.7. The largest absolute Gasteiger partial charge is 0.420 e. The van der Waals surface area contributed by atoms with E-state index < -0.39 is 56.4 Å². The monoisotopic (exact) mass is 1100 g/mol. The zero-order valence-corrected chi connectivity index (χ0v) is 43.3. The van der Waals surface area contributed by atoms with Crippen LogP contribution in [0.25, 0.3) is 6.08 Å². The zero-order chi connectivity index (χ0) is 53.7. The summed E-state index contributed by atoms with van der Waals surface area (Å²) in [4.78, 5) is 43.5. The SMILES string of the molecule is CCC(C)NC(=O)C1=Cc2sc(CC3CN(C(=O)CCOCCOCCOCCOCCOCCOCCOCCOCCOCCOCCC(=O)Oc4c(F)c(F)c(S(=O)(=O)O)c(F)c4F)C3)cc2N=C(N)C1. The fraction of sp³-hybridized carbons (Fsp3) is 0.660. The van der Waals surface area contributed by atoms with Crippen LogP contribution in [-0.2, 0) is 78.3 Å². The first-order valence-corrected chi connectivity index (χ1v) is 26.4. The molecule has 21 nitrogen and oxygen atoms in total. The smallest absolute Gasteiger partial charge is 0.313 e. The average molecular weight is 1100 g/mol. The Hall–Kier alpha value is -4.23. The summed E-state index contributed by atoms with van der Waals surface area (Å²) in [5, 5.41) is 3.01. The van der Waals surface area contributed by atoms with E-state index in [1.54, 1.807) is 11.3 Å². The van der Waals surface area contributed by atoms with Gasteiger partial charge in [0.1, 0.15) is 5.84 Å². The normalized spacial score (nSPS) is 14.3. The highest BCUT2D eigenvalue weighted by molar-refractivity contribution is 7.85. The summed E-state index contributed by atoms with van der Waals surface area (Å²) in [5.74, 6) is -11.9. The lowest BCUT2D eigenvalue weighted by Gasteiger charge is -2.39. The Morgan fingerprint density at radius 1 is 0.716 bits per heavy atom. The van der Waals surface area contributed by atoms with Gasteiger partial charge in [0.15, 0.2) is 16.5 Å². The molecule has 0 saturated carbocycles. The van der Waals surface area contributed by atoms with Crippen LogP contribution in [0.5, 0.6) is 5.75 Å². The Balaban J connectivity index is 0.824. The molecule has 1 fully saturated rings. The van der Waals surface area contributed by atoms with E-state index >= 15 is 0 Å². The molecule has 2 aromatic rings. The second-order valence-electron chi connectivity index (χ2n) is 16.6. The maximum Gasteiger partial charge on any atom is 0.313 e. The highest BCUT2D eigenvalue weighted by atomic mass is 32.2. The van der Waals surface area contributed by atoms with Gasteiger partial charge in [0, 0.05) is 36.0 Å². The molecule has 1 atom stereocenters. The van der Waals surface area contributed by atoms with E-state index in [2.05, 4.69) is 15.0 Å². The van der Waals surface area contributed by atoms with Crippen molar-refractivity contribution in [1.82, 2.24) is 10.2 Å². The van der Waals surface area contributed by atoms with Crippen LogP contribution >= 0.6 is 11.3 Å². The highest BCUT2D eigenvalue weighted by Gasteiger charge is 2.34. The Morgan fingerprint density at radius 3 is 1.55 bits per heavy atom. The van der Waals surface area contributed by atoms with Crippen LogP contribution in [0.1, 0.15) is 49.3 Å². The summed E-state index contributed by atoms with van der Waals surface area (Å²) in [5.41, 5.74) is 7.53. The molecule has 1 aromatic carbocycles. The maximum atomic E-state index is 14.0. The number of ether oxygens (including phenoxy) is 11. The molecule has 3 heterocycles. The van der Waals surface area contributed by atoms with Gasteiger partial charge < -0.3 is 68.1 Å². The predicted octanol–water partition coefficient (Wildman–Crippen LogP) is 3.79. The van der Waals surface area contributed by atoms with E-state index in [0.29, 0.717) is 142 Å². The number of hydrogen-bond acceptors (Lipinski definition) is 19. The molecule has 0 aliphatic carbocycles. The molecule has 418 valence electrons. The van der Waals surface area contributed by atoms with E-state index in [9.17, 15) is 40.4 Å². The number of nitrogens with two attached hydrogens (primary N) is 1. The average Bonchev–Trinajstić information content (AvgIpc) is 3.64. The van der Waals surface area contributed by atoms with Gasteiger partial charge in [-0.2, -0.15) is 17.2 Å². The molecular formula is C47H68F4N4O17S2. The molecular weight excluding hydrogens is 1030 g/mol. The molecule has 74 heavy (non-hydrogen) atoms. The van der Waals surface area contributed by atoms with Crippen LogP contribution in [-0.4, -0.2) is 193 Å². The van der Waals surface area contributed by atoms with Gasteiger partial charge >= 0.3 is 16.1 Å². The van der Waals surface area contributed by atoms with Crippen LogP contribution in [0.2, 0.25) is 0 Å². The lowest BCUT2D eigenvalue weighted by atomic mass is 9.95. The first kappa shape index (κ1) is 62.3. The van der Waals surface area contributed by atoms with Crippen molar-refractivity contribution in [3.05, 3.63) is 44.7 Å². The van der Waals surface area contributed by atoms with Crippen molar-refractivity contribution in [3.63, 3.8) is 0 Å². The standard InChI is InChI=1S/C47H68F4N4O17S2/c1-3-32(2)53-47(58)34-27-37-36(54-38(52)28-34)29-35(73-37)26-33-30-55(31-33)39(56)4-6-62-8-10-64-12-14-66-16-18-68-20-22-70-24-25-71-23-21-69-19-17-67-15-13-65-11-9-63-7-5-40(57)72-45-41(48)43(50)46(74(59,60)61)44(51)42(45)49/h27,29,32-33H,3-26,28,30-31H2,1-2H3,(H2,52,54)(H,53,58)(H,59,60,61). The van der Waals surface area contributed by atoms with Crippen molar-refractivity contribution in [1.29, 1.82) is 0 Å². The molecule has 4 N–H and O–H groups in total. The van der Waals surface area contributed by atoms with E-state index in [-0.39, 0.29) is 50.9 Å². The van der Waals surface area contributed by atoms with Crippen molar-refractivity contribution in [2.45, 2.75) is 56.9 Å². The van der Waals surface area contributed by atoms with Crippen molar-refractivity contribution in [2.75, 3.05) is 145 Å². The van der Waals surface area contributed by atoms with Gasteiger partial charge in [-0.1, -0.05) is 6.92 Å². The van der Waals surface area contributed by atoms with E-state index in [1.807, 2.05) is 30.9 Å². The van der Waals surface area contributed by atoms with Gasteiger partial charge in [0.2, 0.25) is 29.2 Å². The minimum Gasteiger partial charge on any atom is -0.420 e. The third kappa shape index (κ3) is 22.9. The number of aliphatic imine (C=N–C) groups is 1. The van der Waals surface area contributed by atoms with Crippen LogP contribution in [0, 0.1) is 29.2 Å². The van der Waals surface area contributed by atoms with Crippen molar-refractivity contribution in [3.8, 4) is 5.75 Å². The first-order valence-electron chi connectivity index (χ1n) is 24.1. The van der Waals surface area contributed by atoms with Gasteiger partial charge in [-0.3, -0.25) is 18.9 Å². The minimum absolute atomic E-state index is 0.0203. The Labute approximate surface area is 431 Å². The highest BCUT2D eigenvalue weighted by Crippen LogP contribution is 2.37. The van der Waals surface area contributed by atoms with Crippen LogP contribution < -0.4 is 15.8 Å². The molecule has 1 unspecified atom stereocenters. The number of rotatable bonds is 40. The van der Waals surface area contributed by atoms with E-state index in [0.717, 1.165) is 28.3 Å². The second kappa shape index (κ2) is 34.4.